The van der Waals surface area contributed by atoms with Crippen LogP contribution in [0.1, 0.15) is 19.3 Å². The Labute approximate surface area is 99.9 Å². The van der Waals surface area contributed by atoms with Crippen LogP contribution in [0.3, 0.4) is 0 Å². The van der Waals surface area contributed by atoms with Crippen molar-refractivity contribution in [2.75, 3.05) is 26.3 Å². The predicted octanol–water partition coefficient (Wildman–Crippen LogP) is -0.840. The number of carbonyl (C=O) groups is 1. The minimum absolute atomic E-state index is 0.269. The van der Waals surface area contributed by atoms with E-state index >= 15 is 0 Å². The van der Waals surface area contributed by atoms with Crippen molar-refractivity contribution in [2.45, 2.75) is 24.8 Å². The van der Waals surface area contributed by atoms with Gasteiger partial charge in [0.25, 0.3) is 10.2 Å². The summed E-state index contributed by atoms with van der Waals surface area (Å²) in [6.45, 7) is 1.23. The third kappa shape index (κ3) is 2.44. The van der Waals surface area contributed by atoms with E-state index in [9.17, 15) is 13.2 Å². The SMILES string of the molecule is O=C(O)C1(NS(=O)(=O)N2CCOCC2)CCC1. The number of carboxylic acid groups (broad SMARTS) is 1. The molecule has 0 aromatic heterocycles. The fourth-order valence-electron chi connectivity index (χ4n) is 1.99. The van der Waals surface area contributed by atoms with Gasteiger partial charge in [-0.3, -0.25) is 4.79 Å². The molecular weight excluding hydrogens is 248 g/mol. The zero-order valence-corrected chi connectivity index (χ0v) is 10.2. The molecule has 0 bridgehead atoms. The van der Waals surface area contributed by atoms with Crippen LogP contribution in [0.25, 0.3) is 0 Å². The molecule has 1 saturated carbocycles. The first-order chi connectivity index (χ1) is 7.96. The predicted molar refractivity (Wildman–Crippen MR) is 58.7 cm³/mol. The summed E-state index contributed by atoms with van der Waals surface area (Å²) in [5, 5.41) is 9.08. The molecule has 98 valence electrons. The van der Waals surface area contributed by atoms with Crippen LogP contribution in [0.15, 0.2) is 0 Å². The lowest BCUT2D eigenvalue weighted by Gasteiger charge is -2.39. The summed E-state index contributed by atoms with van der Waals surface area (Å²) in [4.78, 5) is 11.1. The second kappa shape index (κ2) is 4.52. The Balaban J connectivity index is 2.08. The lowest BCUT2D eigenvalue weighted by Crippen LogP contribution is -2.62. The number of rotatable bonds is 4. The molecule has 17 heavy (non-hydrogen) atoms. The number of nitrogens with one attached hydrogen (secondary N) is 1. The Morgan fingerprint density at radius 1 is 1.29 bits per heavy atom. The molecule has 8 heteroatoms. The lowest BCUT2D eigenvalue weighted by molar-refractivity contribution is -0.147. The van der Waals surface area contributed by atoms with Crippen molar-refractivity contribution < 1.29 is 23.1 Å². The van der Waals surface area contributed by atoms with Crippen LogP contribution in [-0.2, 0) is 19.7 Å². The Hall–Kier alpha value is -0.700. The first-order valence-corrected chi connectivity index (χ1v) is 7.00. The first kappa shape index (κ1) is 12.7. The first-order valence-electron chi connectivity index (χ1n) is 5.56. The Kier molecular flexibility index (Phi) is 3.39. The maximum absolute atomic E-state index is 12.0. The zero-order chi connectivity index (χ0) is 12.5. The zero-order valence-electron chi connectivity index (χ0n) is 9.39. The second-order valence-corrected chi connectivity index (χ2v) is 6.03. The van der Waals surface area contributed by atoms with Gasteiger partial charge in [0.15, 0.2) is 0 Å². The van der Waals surface area contributed by atoms with Crippen LogP contribution >= 0.6 is 0 Å². The summed E-state index contributed by atoms with van der Waals surface area (Å²) in [5.74, 6) is -1.10. The summed E-state index contributed by atoms with van der Waals surface area (Å²) < 4.78 is 32.6. The van der Waals surface area contributed by atoms with E-state index in [0.29, 0.717) is 26.1 Å². The minimum atomic E-state index is -3.72. The van der Waals surface area contributed by atoms with Crippen LogP contribution in [0.5, 0.6) is 0 Å². The molecule has 2 aliphatic rings. The van der Waals surface area contributed by atoms with Gasteiger partial charge in [-0.1, -0.05) is 0 Å². The van der Waals surface area contributed by atoms with Gasteiger partial charge in [0.1, 0.15) is 5.54 Å². The number of carboxylic acids is 1. The molecule has 1 saturated heterocycles. The number of aliphatic carboxylic acids is 1. The molecule has 1 heterocycles. The highest BCUT2D eigenvalue weighted by Gasteiger charge is 2.48. The van der Waals surface area contributed by atoms with Gasteiger partial charge < -0.3 is 9.84 Å². The van der Waals surface area contributed by atoms with Gasteiger partial charge in [-0.2, -0.15) is 17.4 Å². The molecule has 2 rings (SSSR count). The molecule has 0 radical (unpaired) electrons. The van der Waals surface area contributed by atoms with Gasteiger partial charge in [0.2, 0.25) is 0 Å². The molecular formula is C9H16N2O5S. The normalized spacial score (nSPS) is 25.2. The molecule has 0 aromatic rings. The van der Waals surface area contributed by atoms with Gasteiger partial charge in [-0.15, -0.1) is 0 Å². The van der Waals surface area contributed by atoms with Crippen LogP contribution in [0, 0.1) is 0 Å². The molecule has 0 unspecified atom stereocenters. The molecule has 1 aliphatic carbocycles. The van der Waals surface area contributed by atoms with Crippen molar-refractivity contribution in [3.63, 3.8) is 0 Å². The highest BCUT2D eigenvalue weighted by Crippen LogP contribution is 2.33. The van der Waals surface area contributed by atoms with Gasteiger partial charge in [-0.25, -0.2) is 0 Å². The fraction of sp³-hybridized carbons (Fsp3) is 0.889. The van der Waals surface area contributed by atoms with Gasteiger partial charge in [-0.05, 0) is 19.3 Å². The Bertz CT molecular complexity index is 398. The van der Waals surface area contributed by atoms with Crippen LogP contribution in [0.4, 0.5) is 0 Å². The number of ether oxygens (including phenoxy) is 1. The summed E-state index contributed by atoms with van der Waals surface area (Å²) >= 11 is 0. The van der Waals surface area contributed by atoms with Gasteiger partial charge in [0, 0.05) is 13.1 Å². The molecule has 2 N–H and O–H groups in total. The smallest absolute Gasteiger partial charge is 0.324 e. The van der Waals surface area contributed by atoms with Crippen LogP contribution < -0.4 is 4.72 Å². The monoisotopic (exact) mass is 264 g/mol. The second-order valence-electron chi connectivity index (χ2n) is 4.36. The minimum Gasteiger partial charge on any atom is -0.480 e. The van der Waals surface area contributed by atoms with E-state index in [1.54, 1.807) is 0 Å². The summed E-state index contributed by atoms with van der Waals surface area (Å²) in [7, 11) is -3.72. The topological polar surface area (TPSA) is 95.9 Å². The van der Waals surface area contributed by atoms with Crippen molar-refractivity contribution >= 4 is 16.2 Å². The third-order valence-corrected chi connectivity index (χ3v) is 4.94. The van der Waals surface area contributed by atoms with E-state index in [-0.39, 0.29) is 13.1 Å². The molecule has 0 aromatic carbocycles. The van der Waals surface area contributed by atoms with E-state index < -0.39 is 21.7 Å². The molecule has 7 nitrogen and oxygen atoms in total. The molecule has 0 amide bonds. The van der Waals surface area contributed by atoms with Crippen molar-refractivity contribution in [1.29, 1.82) is 0 Å². The van der Waals surface area contributed by atoms with Crippen LogP contribution in [0.2, 0.25) is 0 Å². The average molecular weight is 264 g/mol. The van der Waals surface area contributed by atoms with E-state index in [1.165, 1.54) is 4.31 Å². The maximum Gasteiger partial charge on any atom is 0.324 e. The number of hydrogen-bond acceptors (Lipinski definition) is 4. The molecule has 0 spiro atoms. The van der Waals surface area contributed by atoms with Crippen molar-refractivity contribution in [1.82, 2.24) is 9.03 Å². The number of morpholine rings is 1. The molecule has 1 aliphatic heterocycles. The highest BCUT2D eigenvalue weighted by atomic mass is 32.2. The van der Waals surface area contributed by atoms with E-state index in [4.69, 9.17) is 9.84 Å². The highest BCUT2D eigenvalue weighted by molar-refractivity contribution is 7.87. The quantitative estimate of drug-likeness (QED) is 0.690. The number of nitrogens with zero attached hydrogens (tertiary/aromatic N) is 1. The van der Waals surface area contributed by atoms with Crippen molar-refractivity contribution in [2.24, 2.45) is 0 Å². The Morgan fingerprint density at radius 2 is 1.88 bits per heavy atom. The molecule has 0 atom stereocenters. The largest absolute Gasteiger partial charge is 0.480 e. The van der Waals surface area contributed by atoms with E-state index in [1.807, 2.05) is 0 Å². The summed E-state index contributed by atoms with van der Waals surface area (Å²) in [5.41, 5.74) is -1.29. The van der Waals surface area contributed by atoms with Crippen molar-refractivity contribution in [3.05, 3.63) is 0 Å². The van der Waals surface area contributed by atoms with E-state index in [2.05, 4.69) is 4.72 Å². The van der Waals surface area contributed by atoms with Gasteiger partial charge in [0.05, 0.1) is 13.2 Å². The fourth-order valence-corrected chi connectivity index (χ4v) is 3.53. The summed E-state index contributed by atoms with van der Waals surface area (Å²) in [6, 6.07) is 0. The third-order valence-electron chi connectivity index (χ3n) is 3.25. The molecule has 2 fully saturated rings. The van der Waals surface area contributed by atoms with Gasteiger partial charge >= 0.3 is 5.97 Å². The maximum atomic E-state index is 12.0. The number of hydrogen-bond donors (Lipinski definition) is 2. The van der Waals surface area contributed by atoms with E-state index in [0.717, 1.165) is 6.42 Å². The standard InChI is InChI=1S/C9H16N2O5S/c12-8(13)9(2-1-3-9)10-17(14,15)11-4-6-16-7-5-11/h10H,1-7H2,(H,12,13). The summed E-state index contributed by atoms with van der Waals surface area (Å²) in [6.07, 6.45) is 1.44. The van der Waals surface area contributed by atoms with Crippen LogP contribution in [-0.4, -0.2) is 55.6 Å². The average Bonchev–Trinajstić information content (AvgIpc) is 2.24. The lowest BCUT2D eigenvalue weighted by atomic mass is 9.78. The Morgan fingerprint density at radius 3 is 2.29 bits per heavy atom. The van der Waals surface area contributed by atoms with Crippen molar-refractivity contribution in [3.8, 4) is 0 Å².